The third-order valence-electron chi connectivity index (χ3n) is 3.26. The van der Waals surface area contributed by atoms with Crippen LogP contribution in [0.1, 0.15) is 25.1 Å². The smallest absolute Gasteiger partial charge is 0.330 e. The fourth-order valence-corrected chi connectivity index (χ4v) is 2.83. The molecule has 1 aliphatic heterocycles. The Kier molecular flexibility index (Phi) is 5.95. The number of aromatic nitrogens is 2. The number of rotatable bonds is 4. The predicted molar refractivity (Wildman–Crippen MR) is 88.3 cm³/mol. The number of aliphatic hydroxyl groups excluding tert-OH is 1. The third-order valence-corrected chi connectivity index (χ3v) is 4.99. The number of esters is 1. The van der Waals surface area contributed by atoms with Crippen molar-refractivity contribution in [1.82, 2.24) is 9.55 Å². The highest BCUT2D eigenvalue weighted by Gasteiger charge is 2.39. The third kappa shape index (κ3) is 4.00. The van der Waals surface area contributed by atoms with Crippen molar-refractivity contribution in [2.24, 2.45) is 0 Å². The molecule has 2 rings (SSSR count). The summed E-state index contributed by atoms with van der Waals surface area (Å²) in [5, 5.41) is 9.24. The molecule has 0 bridgehead atoms. The highest BCUT2D eigenvalue weighted by Crippen LogP contribution is 2.31. The van der Waals surface area contributed by atoms with Crippen LogP contribution in [0.3, 0.4) is 0 Å². The molecule has 0 spiro atoms. The Bertz CT molecular complexity index is 741. The Morgan fingerprint density at radius 2 is 2.30 bits per heavy atom. The van der Waals surface area contributed by atoms with Gasteiger partial charge in [0.2, 0.25) is 0 Å². The molecule has 1 aliphatic rings. The summed E-state index contributed by atoms with van der Waals surface area (Å²) >= 11 is 6.29. The van der Waals surface area contributed by atoms with Crippen LogP contribution in [0.15, 0.2) is 20.8 Å². The molecule has 10 heteroatoms. The quantitative estimate of drug-likeness (QED) is 0.653. The van der Waals surface area contributed by atoms with Gasteiger partial charge < -0.3 is 14.6 Å². The van der Waals surface area contributed by atoms with Crippen LogP contribution in [0, 0.1) is 0 Å². The largest absolute Gasteiger partial charge is 0.458 e. The van der Waals surface area contributed by atoms with Crippen molar-refractivity contribution in [2.45, 2.75) is 31.8 Å². The van der Waals surface area contributed by atoms with Gasteiger partial charge in [0.05, 0.1) is 18.3 Å². The highest BCUT2D eigenvalue weighted by molar-refractivity contribution is 9.16. The molecule has 1 aromatic rings. The minimum Gasteiger partial charge on any atom is -0.458 e. The lowest BCUT2D eigenvalue weighted by molar-refractivity contribution is -0.152. The summed E-state index contributed by atoms with van der Waals surface area (Å²) < 4.78 is 12.3. The standard InChI is InChI=1S/C13H14Br2N2O6/c1-6(19)22-10-2-7(5-18)23-12(10)17-4-8(9(15)3-14)11(20)16-13(17)21/h3-4,7,10,12,18H,2,5H2,1H3,(H,16,20,21)/b9-3+/t7-,10+,12+/m0/s1. The molecular formula is C13H14Br2N2O6. The molecule has 3 atom stereocenters. The molecule has 0 saturated carbocycles. The Hall–Kier alpha value is -1.23. The van der Waals surface area contributed by atoms with Gasteiger partial charge in [-0.2, -0.15) is 0 Å². The van der Waals surface area contributed by atoms with Crippen LogP contribution in [0.5, 0.6) is 0 Å². The van der Waals surface area contributed by atoms with Gasteiger partial charge in [-0.25, -0.2) is 4.79 Å². The van der Waals surface area contributed by atoms with Crippen LogP contribution in [-0.2, 0) is 14.3 Å². The van der Waals surface area contributed by atoms with Crippen LogP contribution in [0.4, 0.5) is 0 Å². The zero-order chi connectivity index (χ0) is 17.1. The van der Waals surface area contributed by atoms with E-state index in [1.165, 1.54) is 18.1 Å². The second-order valence-corrected chi connectivity index (χ2v) is 6.19. The van der Waals surface area contributed by atoms with Crippen molar-refractivity contribution >= 4 is 42.3 Å². The summed E-state index contributed by atoms with van der Waals surface area (Å²) in [7, 11) is 0. The zero-order valence-electron chi connectivity index (χ0n) is 12.0. The predicted octanol–water partition coefficient (Wildman–Crippen LogP) is 0.836. The number of H-pyrrole nitrogens is 1. The Balaban J connectivity index is 2.48. The van der Waals surface area contributed by atoms with Crippen molar-refractivity contribution in [1.29, 1.82) is 0 Å². The minimum atomic E-state index is -0.935. The number of ether oxygens (including phenoxy) is 2. The summed E-state index contributed by atoms with van der Waals surface area (Å²) in [5.41, 5.74) is -1.08. The first-order valence-corrected chi connectivity index (χ1v) is 8.33. The van der Waals surface area contributed by atoms with Gasteiger partial charge in [-0.15, -0.1) is 0 Å². The fourth-order valence-electron chi connectivity index (χ4n) is 2.30. The number of hydrogen-bond acceptors (Lipinski definition) is 6. The average Bonchev–Trinajstić information content (AvgIpc) is 2.88. The van der Waals surface area contributed by atoms with E-state index in [-0.39, 0.29) is 18.6 Å². The zero-order valence-corrected chi connectivity index (χ0v) is 15.2. The van der Waals surface area contributed by atoms with Gasteiger partial charge in [0, 0.05) is 24.0 Å². The van der Waals surface area contributed by atoms with Crippen LogP contribution in [0.25, 0.3) is 4.48 Å². The van der Waals surface area contributed by atoms with Crippen LogP contribution in [-0.4, -0.2) is 39.4 Å². The molecule has 0 aliphatic carbocycles. The Morgan fingerprint density at radius 1 is 1.61 bits per heavy atom. The molecule has 23 heavy (non-hydrogen) atoms. The molecular weight excluding hydrogens is 440 g/mol. The van der Waals surface area contributed by atoms with E-state index in [0.717, 1.165) is 4.57 Å². The van der Waals surface area contributed by atoms with Gasteiger partial charge in [-0.3, -0.25) is 19.1 Å². The number of aliphatic hydroxyl groups is 1. The van der Waals surface area contributed by atoms with E-state index in [4.69, 9.17) is 9.47 Å². The maximum Gasteiger partial charge on any atom is 0.330 e. The average molecular weight is 454 g/mol. The molecule has 8 nitrogen and oxygen atoms in total. The number of nitrogens with zero attached hydrogens (tertiary/aromatic N) is 1. The van der Waals surface area contributed by atoms with Crippen molar-refractivity contribution in [2.75, 3.05) is 6.61 Å². The first-order chi connectivity index (χ1) is 10.9. The number of carbonyl (C=O) groups excluding carboxylic acids is 1. The summed E-state index contributed by atoms with van der Waals surface area (Å²) in [6, 6.07) is 0. The lowest BCUT2D eigenvalue weighted by Gasteiger charge is -2.20. The van der Waals surface area contributed by atoms with E-state index in [2.05, 4.69) is 36.8 Å². The monoisotopic (exact) mass is 452 g/mol. The number of aromatic amines is 1. The molecule has 1 aromatic heterocycles. The molecule has 1 saturated heterocycles. The first kappa shape index (κ1) is 18.1. The number of nitrogens with one attached hydrogen (secondary N) is 1. The topological polar surface area (TPSA) is 111 Å². The van der Waals surface area contributed by atoms with E-state index in [0.29, 0.717) is 4.48 Å². The minimum absolute atomic E-state index is 0.194. The molecule has 2 heterocycles. The highest BCUT2D eigenvalue weighted by atomic mass is 79.9. The van der Waals surface area contributed by atoms with E-state index >= 15 is 0 Å². The second kappa shape index (κ2) is 7.56. The van der Waals surface area contributed by atoms with Crippen molar-refractivity contribution in [3.8, 4) is 0 Å². The van der Waals surface area contributed by atoms with Gasteiger partial charge in [0.1, 0.15) is 6.10 Å². The van der Waals surface area contributed by atoms with Gasteiger partial charge >= 0.3 is 11.7 Å². The van der Waals surface area contributed by atoms with E-state index in [1.54, 1.807) is 0 Å². The lowest BCUT2D eigenvalue weighted by Crippen LogP contribution is -2.37. The number of halogens is 2. The summed E-state index contributed by atoms with van der Waals surface area (Å²) in [6.45, 7) is 0.971. The molecule has 2 N–H and O–H groups in total. The summed E-state index contributed by atoms with van der Waals surface area (Å²) in [4.78, 5) is 38.8. The van der Waals surface area contributed by atoms with Gasteiger partial charge in [0.25, 0.3) is 5.56 Å². The van der Waals surface area contributed by atoms with E-state index in [9.17, 15) is 19.5 Å². The Morgan fingerprint density at radius 3 is 2.87 bits per heavy atom. The molecule has 126 valence electrons. The SMILES string of the molecule is CC(=O)O[C@@H]1C[C@@H](CO)O[C@H]1n1cc(/C(Br)=C\Br)c(=O)[nH]c1=O. The second-order valence-electron chi connectivity index (χ2n) is 4.88. The van der Waals surface area contributed by atoms with Crippen molar-refractivity contribution in [3.63, 3.8) is 0 Å². The molecule has 0 amide bonds. The van der Waals surface area contributed by atoms with Crippen LogP contribution in [0.2, 0.25) is 0 Å². The molecule has 0 aromatic carbocycles. The van der Waals surface area contributed by atoms with Crippen LogP contribution < -0.4 is 11.2 Å². The number of carbonyl (C=O) groups is 1. The van der Waals surface area contributed by atoms with Gasteiger partial charge in [-0.1, -0.05) is 15.9 Å². The maximum atomic E-state index is 12.1. The summed E-state index contributed by atoms with van der Waals surface area (Å²) in [6.07, 6.45) is -0.689. The number of hydrogen-bond donors (Lipinski definition) is 2. The van der Waals surface area contributed by atoms with Gasteiger partial charge in [-0.05, 0) is 20.9 Å². The molecule has 0 unspecified atom stereocenters. The normalized spacial score (nSPS) is 24.7. The Labute approximate surface area is 147 Å². The van der Waals surface area contributed by atoms with E-state index in [1.807, 2.05) is 0 Å². The van der Waals surface area contributed by atoms with Gasteiger partial charge in [0.15, 0.2) is 6.23 Å². The molecule has 1 fully saturated rings. The first-order valence-electron chi connectivity index (χ1n) is 6.62. The maximum absolute atomic E-state index is 12.1. The van der Waals surface area contributed by atoms with Crippen molar-refractivity contribution < 1.29 is 19.4 Å². The summed E-state index contributed by atoms with van der Waals surface area (Å²) in [5.74, 6) is -0.526. The lowest BCUT2D eigenvalue weighted by atomic mass is 10.2. The molecule has 0 radical (unpaired) electrons. The van der Waals surface area contributed by atoms with E-state index < -0.39 is 35.7 Å². The fraction of sp³-hybridized carbons (Fsp3) is 0.462. The van der Waals surface area contributed by atoms with Crippen molar-refractivity contribution in [3.05, 3.63) is 37.6 Å². The van der Waals surface area contributed by atoms with Crippen LogP contribution >= 0.6 is 31.9 Å².